The molecule has 0 saturated carbocycles. The van der Waals surface area contributed by atoms with Crippen LogP contribution in [0.2, 0.25) is 0 Å². The maximum atomic E-state index is 13.4. The predicted octanol–water partition coefficient (Wildman–Crippen LogP) is 2.62. The first-order valence-electron chi connectivity index (χ1n) is 6.51. The van der Waals surface area contributed by atoms with Gasteiger partial charge in [0.25, 0.3) is 0 Å². The summed E-state index contributed by atoms with van der Waals surface area (Å²) in [5.74, 6) is -0.584. The number of nitrogens with one attached hydrogen (secondary N) is 1. The summed E-state index contributed by atoms with van der Waals surface area (Å²) in [4.78, 5) is 17.8. The molecule has 22 heavy (non-hydrogen) atoms. The van der Waals surface area contributed by atoms with Crippen molar-refractivity contribution < 1.29 is 13.4 Å². The average molecular weight is 321 g/mol. The molecule has 1 N–H and O–H groups in total. The Labute approximate surface area is 130 Å². The van der Waals surface area contributed by atoms with Gasteiger partial charge in [-0.15, -0.1) is 0 Å². The van der Waals surface area contributed by atoms with E-state index in [4.69, 9.17) is 0 Å². The second kappa shape index (κ2) is 7.13. The third kappa shape index (κ3) is 4.11. The van der Waals surface area contributed by atoms with E-state index in [0.29, 0.717) is 6.54 Å². The molecule has 0 aliphatic carbocycles. The molecule has 0 spiro atoms. The Morgan fingerprint density at radius 2 is 2.00 bits per heavy atom. The number of hydrogen-bond donors (Lipinski definition) is 1. The van der Waals surface area contributed by atoms with Crippen LogP contribution in [0, 0.1) is 5.82 Å². The van der Waals surface area contributed by atoms with E-state index in [1.165, 1.54) is 17.2 Å². The molecule has 0 radical (unpaired) electrons. The summed E-state index contributed by atoms with van der Waals surface area (Å²) in [6, 6.07) is 8.13. The number of carbonyl (C=O) groups excluding carboxylic acids is 1. The van der Waals surface area contributed by atoms with Crippen molar-refractivity contribution in [2.75, 3.05) is 18.6 Å². The van der Waals surface area contributed by atoms with Crippen molar-refractivity contribution >= 4 is 22.5 Å². The van der Waals surface area contributed by atoms with Crippen LogP contribution in [0.5, 0.6) is 0 Å². The minimum Gasteiger partial charge on any atom is -0.323 e. The van der Waals surface area contributed by atoms with Crippen molar-refractivity contribution in [1.82, 2.24) is 9.88 Å². The molecule has 2 amide bonds. The lowest BCUT2D eigenvalue weighted by Gasteiger charge is -2.18. The standard InChI is InChI=1S/C15H16FN3O2S/c1-19(10-11-3-5-12(6-4-11)22(2)21)15(20)18-14-7-8-17-9-13(14)16/h3-9H,10H2,1-2H3,(H,17,18,20)/t22-/m0/s1. The number of halogens is 1. The van der Waals surface area contributed by atoms with Gasteiger partial charge in [-0.25, -0.2) is 9.18 Å². The van der Waals surface area contributed by atoms with Gasteiger partial charge >= 0.3 is 6.03 Å². The number of amides is 2. The molecular formula is C15H16FN3O2S. The Morgan fingerprint density at radius 1 is 1.32 bits per heavy atom. The van der Waals surface area contributed by atoms with E-state index >= 15 is 0 Å². The maximum absolute atomic E-state index is 13.4. The van der Waals surface area contributed by atoms with Gasteiger partial charge in [0.05, 0.1) is 11.9 Å². The van der Waals surface area contributed by atoms with E-state index in [2.05, 4.69) is 10.3 Å². The van der Waals surface area contributed by atoms with Crippen LogP contribution in [0.15, 0.2) is 47.6 Å². The summed E-state index contributed by atoms with van der Waals surface area (Å²) in [6.07, 6.45) is 4.05. The fourth-order valence-corrected chi connectivity index (χ4v) is 2.34. The first-order chi connectivity index (χ1) is 10.5. The van der Waals surface area contributed by atoms with Crippen LogP contribution in [-0.2, 0) is 17.3 Å². The zero-order valence-corrected chi connectivity index (χ0v) is 13.1. The summed E-state index contributed by atoms with van der Waals surface area (Å²) < 4.78 is 24.8. The molecule has 0 bridgehead atoms. The SMILES string of the molecule is CN(Cc1ccc([S@](C)=O)cc1)C(=O)Nc1ccncc1F. The third-order valence-corrected chi connectivity index (χ3v) is 3.97. The zero-order chi connectivity index (χ0) is 16.1. The van der Waals surface area contributed by atoms with Gasteiger partial charge in [-0.2, -0.15) is 0 Å². The van der Waals surface area contributed by atoms with Gasteiger partial charge in [0.15, 0.2) is 5.82 Å². The molecule has 0 aliphatic rings. The van der Waals surface area contributed by atoms with E-state index in [1.54, 1.807) is 25.4 Å². The summed E-state index contributed by atoms with van der Waals surface area (Å²) in [6.45, 7) is 0.356. The topological polar surface area (TPSA) is 62.3 Å². The van der Waals surface area contributed by atoms with Gasteiger partial charge in [-0.1, -0.05) is 12.1 Å². The molecule has 7 heteroatoms. The molecule has 0 saturated heterocycles. The first kappa shape index (κ1) is 16.1. The van der Waals surface area contributed by atoms with E-state index in [1.807, 2.05) is 12.1 Å². The Kier molecular flexibility index (Phi) is 5.21. The summed E-state index contributed by atoms with van der Waals surface area (Å²) in [5, 5.41) is 2.48. The number of hydrogen-bond acceptors (Lipinski definition) is 3. The molecule has 1 heterocycles. The molecular weight excluding hydrogens is 305 g/mol. The van der Waals surface area contributed by atoms with Crippen molar-refractivity contribution in [1.29, 1.82) is 0 Å². The lowest BCUT2D eigenvalue weighted by Crippen LogP contribution is -2.31. The number of benzene rings is 1. The zero-order valence-electron chi connectivity index (χ0n) is 12.2. The first-order valence-corrected chi connectivity index (χ1v) is 8.07. The van der Waals surface area contributed by atoms with Gasteiger partial charge in [-0.3, -0.25) is 9.19 Å². The number of pyridine rings is 1. The van der Waals surface area contributed by atoms with Crippen LogP contribution in [0.3, 0.4) is 0 Å². The second-order valence-electron chi connectivity index (χ2n) is 4.74. The average Bonchev–Trinajstić information content (AvgIpc) is 2.50. The molecule has 0 aliphatic heterocycles. The van der Waals surface area contributed by atoms with Gasteiger partial charge in [0.2, 0.25) is 0 Å². The number of carbonyl (C=O) groups is 1. The Morgan fingerprint density at radius 3 is 2.59 bits per heavy atom. The highest BCUT2D eigenvalue weighted by atomic mass is 32.2. The maximum Gasteiger partial charge on any atom is 0.321 e. The van der Waals surface area contributed by atoms with E-state index < -0.39 is 22.6 Å². The summed E-state index contributed by atoms with van der Waals surface area (Å²) in [5.41, 5.74) is 0.977. The Balaban J connectivity index is 1.99. The van der Waals surface area contributed by atoms with Crippen molar-refractivity contribution in [3.63, 3.8) is 0 Å². The third-order valence-electron chi connectivity index (χ3n) is 3.04. The van der Waals surface area contributed by atoms with E-state index in [0.717, 1.165) is 16.7 Å². The molecule has 2 rings (SSSR count). The summed E-state index contributed by atoms with van der Waals surface area (Å²) in [7, 11) is 0.583. The number of anilines is 1. The molecule has 116 valence electrons. The van der Waals surface area contributed by atoms with Gasteiger partial charge < -0.3 is 10.2 Å². The molecule has 0 unspecified atom stereocenters. The monoisotopic (exact) mass is 321 g/mol. The molecule has 2 aromatic rings. The minimum atomic E-state index is -1.03. The second-order valence-corrected chi connectivity index (χ2v) is 6.12. The van der Waals surface area contributed by atoms with Crippen molar-refractivity contribution in [2.24, 2.45) is 0 Å². The lowest BCUT2D eigenvalue weighted by atomic mass is 10.2. The fourth-order valence-electron chi connectivity index (χ4n) is 1.82. The van der Waals surface area contributed by atoms with Crippen LogP contribution in [0.1, 0.15) is 5.56 Å². The normalized spacial score (nSPS) is 11.8. The van der Waals surface area contributed by atoms with E-state index in [9.17, 15) is 13.4 Å². The Bertz CT molecular complexity index is 691. The lowest BCUT2D eigenvalue weighted by molar-refractivity contribution is 0.220. The van der Waals surface area contributed by atoms with Crippen molar-refractivity contribution in [3.8, 4) is 0 Å². The largest absolute Gasteiger partial charge is 0.323 e. The Hall–Kier alpha value is -2.28. The number of aromatic nitrogens is 1. The predicted molar refractivity (Wildman–Crippen MR) is 83.5 cm³/mol. The van der Waals surface area contributed by atoms with Crippen LogP contribution < -0.4 is 5.32 Å². The van der Waals surface area contributed by atoms with Crippen LogP contribution in [0.25, 0.3) is 0 Å². The van der Waals surface area contributed by atoms with Crippen molar-refractivity contribution in [2.45, 2.75) is 11.4 Å². The minimum absolute atomic E-state index is 0.0866. The smallest absolute Gasteiger partial charge is 0.321 e. The number of nitrogens with zero attached hydrogens (tertiary/aromatic N) is 2. The van der Waals surface area contributed by atoms with Gasteiger partial charge in [0, 0.05) is 41.7 Å². The fraction of sp³-hybridized carbons (Fsp3) is 0.200. The molecule has 5 nitrogen and oxygen atoms in total. The molecule has 1 aromatic carbocycles. The summed E-state index contributed by atoms with van der Waals surface area (Å²) >= 11 is 0. The quantitative estimate of drug-likeness (QED) is 0.941. The van der Waals surface area contributed by atoms with Gasteiger partial charge in [-0.05, 0) is 23.8 Å². The number of rotatable bonds is 4. The van der Waals surface area contributed by atoms with E-state index in [-0.39, 0.29) is 5.69 Å². The van der Waals surface area contributed by atoms with Gasteiger partial charge in [0.1, 0.15) is 0 Å². The highest BCUT2D eigenvalue weighted by molar-refractivity contribution is 7.84. The van der Waals surface area contributed by atoms with Crippen LogP contribution in [0.4, 0.5) is 14.9 Å². The van der Waals surface area contributed by atoms with Crippen LogP contribution in [-0.4, -0.2) is 33.4 Å². The molecule has 1 atom stereocenters. The van der Waals surface area contributed by atoms with Crippen LogP contribution >= 0.6 is 0 Å². The molecule has 1 aromatic heterocycles. The highest BCUT2D eigenvalue weighted by Gasteiger charge is 2.12. The number of urea groups is 1. The van der Waals surface area contributed by atoms with Crippen molar-refractivity contribution in [3.05, 3.63) is 54.1 Å². The molecule has 0 fully saturated rings. The highest BCUT2D eigenvalue weighted by Crippen LogP contribution is 2.13.